The van der Waals surface area contributed by atoms with Crippen LogP contribution in [0.5, 0.6) is 11.5 Å². The largest absolute Gasteiger partial charge is 0.486 e. The smallest absolute Gasteiger partial charge is 0.359 e. The number of hydrogen-bond acceptors (Lipinski definition) is 7. The Morgan fingerprint density at radius 1 is 1.10 bits per heavy atom. The third kappa shape index (κ3) is 3.95. The van der Waals surface area contributed by atoms with E-state index in [0.717, 1.165) is 5.56 Å². The van der Waals surface area contributed by atoms with Crippen LogP contribution in [0.2, 0.25) is 0 Å². The van der Waals surface area contributed by atoms with Crippen LogP contribution in [0.3, 0.4) is 0 Å². The van der Waals surface area contributed by atoms with Crippen molar-refractivity contribution in [1.29, 1.82) is 0 Å². The van der Waals surface area contributed by atoms with E-state index in [1.54, 1.807) is 37.4 Å². The summed E-state index contributed by atoms with van der Waals surface area (Å²) in [6, 6.07) is 12.0. The van der Waals surface area contributed by atoms with Gasteiger partial charge in [0, 0.05) is 19.0 Å². The first-order valence-electron chi connectivity index (χ1n) is 9.30. The van der Waals surface area contributed by atoms with E-state index in [1.165, 1.54) is 4.90 Å². The predicted molar refractivity (Wildman–Crippen MR) is 107 cm³/mol. The highest BCUT2D eigenvalue weighted by atomic mass is 16.6. The first-order valence-corrected chi connectivity index (χ1v) is 9.30. The number of nitrogens with one attached hydrogen (secondary N) is 1. The van der Waals surface area contributed by atoms with E-state index < -0.39 is 18.1 Å². The third-order valence-electron chi connectivity index (χ3n) is 4.67. The van der Waals surface area contributed by atoms with Gasteiger partial charge in [-0.25, -0.2) is 9.89 Å². The average molecular weight is 409 g/mol. The Kier molecular flexibility index (Phi) is 5.34. The molecule has 0 bridgehead atoms. The highest BCUT2D eigenvalue weighted by Gasteiger charge is 2.19. The maximum Gasteiger partial charge on any atom is 0.359 e. The molecule has 1 N–H and O–H groups in total. The lowest BCUT2D eigenvalue weighted by atomic mass is 10.1. The summed E-state index contributed by atoms with van der Waals surface area (Å²) in [6.45, 7) is 0.853. The lowest BCUT2D eigenvalue weighted by Gasteiger charge is -2.21. The van der Waals surface area contributed by atoms with Gasteiger partial charge in [0.1, 0.15) is 13.2 Å². The molecule has 0 aliphatic carbocycles. The minimum atomic E-state index is -0.788. The van der Waals surface area contributed by atoms with Gasteiger partial charge in [0.15, 0.2) is 23.8 Å². The summed E-state index contributed by atoms with van der Waals surface area (Å²) in [5.74, 6) is 0.145. The van der Waals surface area contributed by atoms with Gasteiger partial charge >= 0.3 is 5.97 Å². The van der Waals surface area contributed by atoms with Gasteiger partial charge < -0.3 is 19.1 Å². The zero-order chi connectivity index (χ0) is 21.1. The van der Waals surface area contributed by atoms with Crippen molar-refractivity contribution < 1.29 is 23.8 Å². The topological polar surface area (TPSA) is 111 Å². The van der Waals surface area contributed by atoms with Crippen molar-refractivity contribution in [3.63, 3.8) is 0 Å². The number of aromatic nitrogens is 2. The Labute approximate surface area is 171 Å². The van der Waals surface area contributed by atoms with Crippen molar-refractivity contribution in [1.82, 2.24) is 15.1 Å². The van der Waals surface area contributed by atoms with Crippen molar-refractivity contribution in [3.8, 4) is 11.5 Å². The number of nitrogens with zero attached hydrogens (tertiary/aromatic N) is 2. The van der Waals surface area contributed by atoms with Crippen molar-refractivity contribution in [3.05, 3.63) is 64.1 Å². The Balaban J connectivity index is 1.39. The van der Waals surface area contributed by atoms with E-state index in [0.29, 0.717) is 42.0 Å². The van der Waals surface area contributed by atoms with E-state index in [4.69, 9.17) is 14.2 Å². The number of aromatic amines is 1. The fourth-order valence-electron chi connectivity index (χ4n) is 3.12. The molecule has 0 spiro atoms. The Bertz CT molecular complexity index is 1170. The lowest BCUT2D eigenvalue weighted by Crippen LogP contribution is -2.31. The van der Waals surface area contributed by atoms with Crippen LogP contribution in [-0.4, -0.2) is 53.8 Å². The Hall–Kier alpha value is -3.88. The molecule has 3 aromatic rings. The van der Waals surface area contributed by atoms with Crippen LogP contribution in [0.1, 0.15) is 16.1 Å². The van der Waals surface area contributed by atoms with E-state index >= 15 is 0 Å². The van der Waals surface area contributed by atoms with Crippen LogP contribution < -0.4 is 15.0 Å². The highest BCUT2D eigenvalue weighted by Crippen LogP contribution is 2.31. The summed E-state index contributed by atoms with van der Waals surface area (Å²) in [4.78, 5) is 38.1. The molecule has 0 radical (unpaired) electrons. The van der Waals surface area contributed by atoms with Crippen molar-refractivity contribution in [2.45, 2.75) is 6.54 Å². The summed E-state index contributed by atoms with van der Waals surface area (Å²) in [7, 11) is 1.61. The molecule has 0 saturated carbocycles. The second-order valence-corrected chi connectivity index (χ2v) is 6.75. The summed E-state index contributed by atoms with van der Waals surface area (Å²) in [5, 5.41) is 6.73. The van der Waals surface area contributed by atoms with Crippen molar-refractivity contribution in [2.24, 2.45) is 0 Å². The Morgan fingerprint density at radius 3 is 2.63 bits per heavy atom. The number of amides is 1. The first-order chi connectivity index (χ1) is 14.5. The molecule has 1 aliphatic rings. The van der Waals surface area contributed by atoms with Gasteiger partial charge in [0.2, 0.25) is 0 Å². The first kappa shape index (κ1) is 19.4. The molecule has 1 amide bonds. The number of hydrogen-bond donors (Lipinski definition) is 1. The van der Waals surface area contributed by atoms with E-state index in [1.807, 2.05) is 12.1 Å². The van der Waals surface area contributed by atoms with Gasteiger partial charge in [-0.15, -0.1) is 0 Å². The molecule has 4 rings (SSSR count). The number of carbonyl (C=O) groups is 2. The maximum absolute atomic E-state index is 12.4. The minimum absolute atomic E-state index is 0.0486. The van der Waals surface area contributed by atoms with Gasteiger partial charge in [0.05, 0.1) is 5.39 Å². The molecule has 9 heteroatoms. The normalized spacial score (nSPS) is 12.4. The number of likely N-dealkylation sites (N-methyl/N-ethyl adjacent to an activating group) is 1. The quantitative estimate of drug-likeness (QED) is 0.636. The summed E-state index contributed by atoms with van der Waals surface area (Å²) in [6.07, 6.45) is 0. The Morgan fingerprint density at radius 2 is 1.83 bits per heavy atom. The van der Waals surface area contributed by atoms with Gasteiger partial charge in [-0.2, -0.15) is 5.10 Å². The summed E-state index contributed by atoms with van der Waals surface area (Å²) in [5.41, 5.74) is 0.402. The van der Waals surface area contributed by atoms with Crippen molar-refractivity contribution in [2.75, 3.05) is 26.9 Å². The number of H-pyrrole nitrogens is 1. The van der Waals surface area contributed by atoms with Crippen LogP contribution in [-0.2, 0) is 16.1 Å². The maximum atomic E-state index is 12.4. The molecule has 0 unspecified atom stereocenters. The van der Waals surface area contributed by atoms with Gasteiger partial charge in [0.25, 0.3) is 11.5 Å². The van der Waals surface area contributed by atoms with Gasteiger partial charge in [-0.05, 0) is 23.8 Å². The molecule has 154 valence electrons. The molecular formula is C21H19N3O6. The molecule has 2 heterocycles. The van der Waals surface area contributed by atoms with E-state index in [9.17, 15) is 14.4 Å². The zero-order valence-electron chi connectivity index (χ0n) is 16.2. The standard InChI is InChI=1S/C21H19N3O6/c1-24(11-13-6-7-16-17(10-13)29-9-8-28-16)18(25)12-30-21(27)19-14-4-2-3-5-15(14)20(26)23-22-19/h2-7,10H,8-9,11-12H2,1H3,(H,23,26). The fourth-order valence-corrected chi connectivity index (χ4v) is 3.12. The number of rotatable bonds is 5. The number of carbonyl (C=O) groups excluding carboxylic acids is 2. The van der Waals surface area contributed by atoms with Gasteiger partial charge in [-0.3, -0.25) is 9.59 Å². The summed E-state index contributed by atoms with van der Waals surface area (Å²) >= 11 is 0. The SMILES string of the molecule is CN(Cc1ccc2c(c1)OCCO2)C(=O)COC(=O)c1n[nH]c(=O)c2ccccc12. The number of esters is 1. The zero-order valence-corrected chi connectivity index (χ0v) is 16.2. The van der Waals surface area contributed by atoms with Crippen LogP contribution in [0.25, 0.3) is 10.8 Å². The second-order valence-electron chi connectivity index (χ2n) is 6.75. The lowest BCUT2D eigenvalue weighted by molar-refractivity contribution is -0.133. The molecule has 30 heavy (non-hydrogen) atoms. The molecular weight excluding hydrogens is 390 g/mol. The molecule has 0 atom stereocenters. The van der Waals surface area contributed by atoms with E-state index in [-0.39, 0.29) is 11.6 Å². The molecule has 2 aromatic carbocycles. The van der Waals surface area contributed by atoms with Crippen LogP contribution in [0.4, 0.5) is 0 Å². The van der Waals surface area contributed by atoms with E-state index in [2.05, 4.69) is 10.2 Å². The molecule has 9 nitrogen and oxygen atoms in total. The van der Waals surface area contributed by atoms with Crippen LogP contribution >= 0.6 is 0 Å². The monoisotopic (exact) mass is 409 g/mol. The number of ether oxygens (including phenoxy) is 3. The average Bonchev–Trinajstić information content (AvgIpc) is 2.77. The van der Waals surface area contributed by atoms with Crippen LogP contribution in [0, 0.1) is 0 Å². The highest BCUT2D eigenvalue weighted by molar-refractivity contribution is 6.02. The van der Waals surface area contributed by atoms with Crippen molar-refractivity contribution >= 4 is 22.6 Å². The van der Waals surface area contributed by atoms with Gasteiger partial charge in [-0.1, -0.05) is 24.3 Å². The number of benzene rings is 2. The molecule has 1 aliphatic heterocycles. The third-order valence-corrected chi connectivity index (χ3v) is 4.67. The molecule has 0 fully saturated rings. The minimum Gasteiger partial charge on any atom is -0.486 e. The molecule has 0 saturated heterocycles. The summed E-state index contributed by atoms with van der Waals surface area (Å²) < 4.78 is 16.2. The predicted octanol–water partition coefficient (Wildman–Crippen LogP) is 1.51. The fraction of sp³-hybridized carbons (Fsp3) is 0.238. The second kappa shape index (κ2) is 8.24. The number of fused-ring (bicyclic) bond motifs is 2. The molecule has 1 aromatic heterocycles. The van der Waals surface area contributed by atoms with Crippen LogP contribution in [0.15, 0.2) is 47.3 Å².